The molecule has 2 aromatic rings. The fourth-order valence-corrected chi connectivity index (χ4v) is 2.78. The molecule has 1 aliphatic heterocycles. The lowest BCUT2D eigenvalue weighted by Crippen LogP contribution is -2.31. The summed E-state index contributed by atoms with van der Waals surface area (Å²) in [5, 5.41) is 14.2. The molecule has 1 amide bonds. The summed E-state index contributed by atoms with van der Waals surface area (Å²) in [7, 11) is 0. The quantitative estimate of drug-likeness (QED) is 0.897. The van der Waals surface area contributed by atoms with E-state index in [0.717, 1.165) is 5.69 Å². The SMILES string of the molecule is Cc1ccnn1CCC(=O)N1C[C@@H](O)[C@H](Oc2cccc(F)c2)C1. The normalized spacial score (nSPS) is 20.4. The average molecular weight is 333 g/mol. The summed E-state index contributed by atoms with van der Waals surface area (Å²) < 4.78 is 20.6. The van der Waals surface area contributed by atoms with Crippen LogP contribution in [0.25, 0.3) is 0 Å². The van der Waals surface area contributed by atoms with Crippen molar-refractivity contribution in [2.45, 2.75) is 32.1 Å². The number of carbonyl (C=O) groups excluding carboxylic acids is 1. The number of aromatic nitrogens is 2. The number of rotatable bonds is 5. The third-order valence-corrected chi connectivity index (χ3v) is 4.14. The standard InChI is InChI=1S/C17H20FN3O3/c1-12-5-7-19-21(12)8-6-17(23)20-10-15(22)16(11-20)24-14-4-2-3-13(18)9-14/h2-5,7,9,15-16,22H,6,8,10-11H2,1H3/t15-,16-/m1/s1. The number of hydrogen-bond acceptors (Lipinski definition) is 4. The molecule has 0 radical (unpaired) electrons. The maximum atomic E-state index is 13.2. The molecule has 1 aromatic heterocycles. The van der Waals surface area contributed by atoms with Crippen LogP contribution >= 0.6 is 0 Å². The molecule has 7 heteroatoms. The molecule has 3 rings (SSSR count). The highest BCUT2D eigenvalue weighted by Gasteiger charge is 2.35. The highest BCUT2D eigenvalue weighted by molar-refractivity contribution is 5.76. The van der Waals surface area contributed by atoms with Crippen LogP contribution < -0.4 is 4.74 Å². The number of β-amino-alcohol motifs (C(OH)–C–C–N with tert-alkyl or cyclic N) is 1. The number of likely N-dealkylation sites (tertiary alicyclic amines) is 1. The minimum atomic E-state index is -0.788. The van der Waals surface area contributed by atoms with Crippen LogP contribution in [0.5, 0.6) is 5.75 Å². The molecule has 0 aliphatic carbocycles. The van der Waals surface area contributed by atoms with E-state index >= 15 is 0 Å². The Morgan fingerprint density at radius 3 is 2.96 bits per heavy atom. The number of aryl methyl sites for hydroxylation is 2. The number of carbonyl (C=O) groups is 1. The van der Waals surface area contributed by atoms with Crippen molar-refractivity contribution < 1.29 is 19.0 Å². The maximum Gasteiger partial charge on any atom is 0.224 e. The number of aliphatic hydroxyl groups is 1. The first kappa shape index (κ1) is 16.4. The van der Waals surface area contributed by atoms with E-state index in [1.165, 1.54) is 12.1 Å². The van der Waals surface area contributed by atoms with Gasteiger partial charge in [0.15, 0.2) is 0 Å². The molecule has 6 nitrogen and oxygen atoms in total. The molecule has 0 unspecified atom stereocenters. The van der Waals surface area contributed by atoms with Crippen molar-refractivity contribution >= 4 is 5.91 Å². The highest BCUT2D eigenvalue weighted by atomic mass is 19.1. The van der Waals surface area contributed by atoms with Crippen molar-refractivity contribution in [1.29, 1.82) is 0 Å². The molecule has 24 heavy (non-hydrogen) atoms. The van der Waals surface area contributed by atoms with Gasteiger partial charge in [-0.05, 0) is 25.1 Å². The minimum absolute atomic E-state index is 0.0608. The molecule has 0 saturated carbocycles. The van der Waals surface area contributed by atoms with Crippen molar-refractivity contribution in [2.75, 3.05) is 13.1 Å². The lowest BCUT2D eigenvalue weighted by atomic mass is 10.2. The van der Waals surface area contributed by atoms with Crippen LogP contribution in [0.4, 0.5) is 4.39 Å². The topological polar surface area (TPSA) is 67.6 Å². The third-order valence-electron chi connectivity index (χ3n) is 4.14. The van der Waals surface area contributed by atoms with Crippen LogP contribution in [-0.2, 0) is 11.3 Å². The lowest BCUT2D eigenvalue weighted by Gasteiger charge is -2.17. The van der Waals surface area contributed by atoms with E-state index in [2.05, 4.69) is 5.10 Å². The summed E-state index contributed by atoms with van der Waals surface area (Å²) in [6.45, 7) is 2.94. The Labute approximate surface area is 139 Å². The predicted octanol–water partition coefficient (Wildman–Crippen LogP) is 1.37. The second kappa shape index (κ2) is 7.00. The number of halogens is 1. The van der Waals surface area contributed by atoms with Gasteiger partial charge < -0.3 is 14.7 Å². The van der Waals surface area contributed by atoms with Crippen molar-refractivity contribution in [3.63, 3.8) is 0 Å². The van der Waals surface area contributed by atoms with Gasteiger partial charge in [0.05, 0.1) is 13.1 Å². The van der Waals surface area contributed by atoms with Crippen molar-refractivity contribution in [2.24, 2.45) is 0 Å². The fourth-order valence-electron chi connectivity index (χ4n) is 2.78. The third kappa shape index (κ3) is 3.73. The molecule has 1 N–H and O–H groups in total. The van der Waals surface area contributed by atoms with E-state index < -0.39 is 18.0 Å². The first-order valence-electron chi connectivity index (χ1n) is 7.89. The van der Waals surface area contributed by atoms with Crippen LogP contribution in [0.1, 0.15) is 12.1 Å². The number of amides is 1. The average Bonchev–Trinajstić information content (AvgIpc) is 3.11. The molecule has 1 saturated heterocycles. The van der Waals surface area contributed by atoms with Gasteiger partial charge in [-0.3, -0.25) is 9.48 Å². The molecule has 1 aliphatic rings. The number of ether oxygens (including phenoxy) is 1. The van der Waals surface area contributed by atoms with Crippen LogP contribution in [-0.4, -0.2) is 51.0 Å². The molecule has 2 atom stereocenters. The van der Waals surface area contributed by atoms with Crippen LogP contribution in [0.2, 0.25) is 0 Å². The van der Waals surface area contributed by atoms with Gasteiger partial charge in [0.1, 0.15) is 23.8 Å². The molecular formula is C17H20FN3O3. The maximum absolute atomic E-state index is 13.2. The number of aliphatic hydroxyl groups excluding tert-OH is 1. The van der Waals surface area contributed by atoms with Gasteiger partial charge in [0.2, 0.25) is 5.91 Å². The largest absolute Gasteiger partial charge is 0.486 e. The van der Waals surface area contributed by atoms with E-state index in [9.17, 15) is 14.3 Å². The Balaban J connectivity index is 1.54. The zero-order valence-corrected chi connectivity index (χ0v) is 13.4. The zero-order valence-electron chi connectivity index (χ0n) is 13.4. The Hall–Kier alpha value is -2.41. The Morgan fingerprint density at radius 2 is 2.25 bits per heavy atom. The van der Waals surface area contributed by atoms with Gasteiger partial charge in [0, 0.05) is 30.9 Å². The number of nitrogens with zero attached hydrogens (tertiary/aromatic N) is 3. The van der Waals surface area contributed by atoms with Gasteiger partial charge in [-0.25, -0.2) is 4.39 Å². The van der Waals surface area contributed by atoms with Gasteiger partial charge in [-0.15, -0.1) is 0 Å². The molecule has 0 spiro atoms. The zero-order chi connectivity index (χ0) is 17.1. The van der Waals surface area contributed by atoms with Crippen molar-refractivity contribution in [1.82, 2.24) is 14.7 Å². The Kier molecular flexibility index (Phi) is 4.80. The monoisotopic (exact) mass is 333 g/mol. The molecule has 1 aromatic carbocycles. The summed E-state index contributed by atoms with van der Waals surface area (Å²) in [5.74, 6) is -0.114. The summed E-state index contributed by atoms with van der Waals surface area (Å²) in [5.41, 5.74) is 0.997. The van der Waals surface area contributed by atoms with Gasteiger partial charge >= 0.3 is 0 Å². The lowest BCUT2D eigenvalue weighted by molar-refractivity contribution is -0.130. The van der Waals surface area contributed by atoms with Gasteiger partial charge in [-0.2, -0.15) is 5.10 Å². The Morgan fingerprint density at radius 1 is 1.42 bits per heavy atom. The molecule has 128 valence electrons. The molecule has 0 bridgehead atoms. The smallest absolute Gasteiger partial charge is 0.224 e. The molecule has 2 heterocycles. The van der Waals surface area contributed by atoms with E-state index in [1.54, 1.807) is 27.9 Å². The number of hydrogen-bond donors (Lipinski definition) is 1. The fraction of sp³-hybridized carbons (Fsp3) is 0.412. The van der Waals surface area contributed by atoms with E-state index in [1.807, 2.05) is 13.0 Å². The van der Waals surface area contributed by atoms with Crippen LogP contribution in [0, 0.1) is 12.7 Å². The van der Waals surface area contributed by atoms with E-state index in [4.69, 9.17) is 4.74 Å². The summed E-state index contributed by atoms with van der Waals surface area (Å²) >= 11 is 0. The van der Waals surface area contributed by atoms with Gasteiger partial charge in [0.25, 0.3) is 0 Å². The first-order chi connectivity index (χ1) is 11.5. The summed E-state index contributed by atoms with van der Waals surface area (Å²) in [6.07, 6.45) is 0.662. The molecular weight excluding hydrogens is 313 g/mol. The second-order valence-electron chi connectivity index (χ2n) is 5.93. The minimum Gasteiger partial charge on any atom is -0.486 e. The molecule has 1 fully saturated rings. The highest BCUT2D eigenvalue weighted by Crippen LogP contribution is 2.20. The van der Waals surface area contributed by atoms with Crippen LogP contribution in [0.15, 0.2) is 36.5 Å². The predicted molar refractivity (Wildman–Crippen MR) is 85.0 cm³/mol. The Bertz CT molecular complexity index is 719. The number of benzene rings is 1. The summed E-state index contributed by atoms with van der Waals surface area (Å²) in [4.78, 5) is 13.9. The van der Waals surface area contributed by atoms with Gasteiger partial charge in [-0.1, -0.05) is 6.07 Å². The van der Waals surface area contributed by atoms with Crippen molar-refractivity contribution in [3.05, 3.63) is 48.0 Å². The van der Waals surface area contributed by atoms with Crippen LogP contribution in [0.3, 0.4) is 0 Å². The second-order valence-corrected chi connectivity index (χ2v) is 5.93. The first-order valence-corrected chi connectivity index (χ1v) is 7.89. The van der Waals surface area contributed by atoms with E-state index in [0.29, 0.717) is 18.7 Å². The van der Waals surface area contributed by atoms with Crippen molar-refractivity contribution in [3.8, 4) is 5.75 Å². The summed E-state index contributed by atoms with van der Waals surface area (Å²) in [6, 6.07) is 7.64. The van der Waals surface area contributed by atoms with E-state index in [-0.39, 0.29) is 19.0 Å².